The summed E-state index contributed by atoms with van der Waals surface area (Å²) in [5.74, 6) is 1.76. The highest BCUT2D eigenvalue weighted by Crippen LogP contribution is 2.21. The molecule has 60 valence electrons. The minimum Gasteiger partial charge on any atom is -0.476 e. The van der Waals surface area contributed by atoms with Crippen molar-refractivity contribution in [3.05, 3.63) is 12.0 Å². The highest BCUT2D eigenvalue weighted by atomic mass is 16.5. The molecule has 0 bridgehead atoms. The van der Waals surface area contributed by atoms with Gasteiger partial charge in [0.05, 0.1) is 18.8 Å². The van der Waals surface area contributed by atoms with Crippen LogP contribution in [0.4, 0.5) is 0 Å². The fourth-order valence-electron chi connectivity index (χ4n) is 1.32. The van der Waals surface area contributed by atoms with Gasteiger partial charge in [0, 0.05) is 0 Å². The van der Waals surface area contributed by atoms with Gasteiger partial charge in [0.1, 0.15) is 12.4 Å². The van der Waals surface area contributed by atoms with Crippen LogP contribution in [0.15, 0.2) is 6.20 Å². The van der Waals surface area contributed by atoms with Crippen LogP contribution in [-0.4, -0.2) is 16.2 Å². The number of hydrogen-bond acceptors (Lipinski definition) is 3. The predicted molar refractivity (Wildman–Crippen MR) is 40.3 cm³/mol. The zero-order chi connectivity index (χ0) is 7.84. The Morgan fingerprint density at radius 1 is 1.82 bits per heavy atom. The van der Waals surface area contributed by atoms with Gasteiger partial charge in [-0.25, -0.2) is 4.98 Å². The molecule has 1 aliphatic rings. The summed E-state index contributed by atoms with van der Waals surface area (Å²) in [6.07, 6.45) is 1.73. The van der Waals surface area contributed by atoms with E-state index >= 15 is 0 Å². The van der Waals surface area contributed by atoms with Gasteiger partial charge in [0.25, 0.3) is 0 Å². The van der Waals surface area contributed by atoms with Gasteiger partial charge in [-0.2, -0.15) is 0 Å². The number of hydrogen-bond donors (Lipinski definition) is 1. The Morgan fingerprint density at radius 3 is 3.36 bits per heavy atom. The predicted octanol–water partition coefficient (Wildman–Crippen LogP) is 0.295. The number of ether oxygens (including phenoxy) is 1. The lowest BCUT2D eigenvalue weighted by Crippen LogP contribution is -2.12. The first-order valence-corrected chi connectivity index (χ1v) is 3.73. The summed E-state index contributed by atoms with van der Waals surface area (Å²) in [6.45, 7) is 3.55. The van der Waals surface area contributed by atoms with Gasteiger partial charge in [-0.1, -0.05) is 0 Å². The summed E-state index contributed by atoms with van der Waals surface area (Å²) in [7, 11) is 0. The lowest BCUT2D eigenvalue weighted by Gasteiger charge is -2.04. The molecule has 0 fully saturated rings. The first-order chi connectivity index (χ1) is 5.29. The van der Waals surface area contributed by atoms with Crippen molar-refractivity contribution in [2.24, 2.45) is 5.73 Å². The largest absolute Gasteiger partial charge is 0.476 e. The van der Waals surface area contributed by atoms with E-state index in [2.05, 4.69) is 4.98 Å². The number of rotatable bonds is 1. The van der Waals surface area contributed by atoms with E-state index in [1.165, 1.54) is 0 Å². The Kier molecular flexibility index (Phi) is 1.35. The van der Waals surface area contributed by atoms with Gasteiger partial charge in [-0.15, -0.1) is 0 Å². The molecular weight excluding hydrogens is 142 g/mol. The maximum Gasteiger partial charge on any atom is 0.214 e. The fourth-order valence-corrected chi connectivity index (χ4v) is 1.32. The number of imidazole rings is 1. The molecule has 0 saturated heterocycles. The normalized spacial score (nSPS) is 17.6. The van der Waals surface area contributed by atoms with E-state index in [9.17, 15) is 0 Å². The third kappa shape index (κ3) is 0.903. The van der Waals surface area contributed by atoms with Crippen LogP contribution >= 0.6 is 0 Å². The second-order valence-corrected chi connectivity index (χ2v) is 2.74. The lowest BCUT2D eigenvalue weighted by atomic mass is 10.3. The van der Waals surface area contributed by atoms with Crippen LogP contribution in [0.2, 0.25) is 0 Å². The molecule has 1 unspecified atom stereocenters. The molecule has 2 rings (SSSR count). The number of nitrogens with zero attached hydrogens (tertiary/aromatic N) is 2. The van der Waals surface area contributed by atoms with Crippen molar-refractivity contribution in [1.82, 2.24) is 9.55 Å². The number of aromatic nitrogens is 2. The topological polar surface area (TPSA) is 53.1 Å². The molecule has 2 heterocycles. The smallest absolute Gasteiger partial charge is 0.214 e. The van der Waals surface area contributed by atoms with Crippen molar-refractivity contribution >= 4 is 0 Å². The minimum absolute atomic E-state index is 0.00884. The zero-order valence-electron chi connectivity index (χ0n) is 6.45. The summed E-state index contributed by atoms with van der Waals surface area (Å²) in [6, 6.07) is -0.00884. The molecular formula is C7H11N3O. The molecule has 0 saturated carbocycles. The second kappa shape index (κ2) is 2.23. The lowest BCUT2D eigenvalue weighted by molar-refractivity contribution is 0.355. The average molecular weight is 153 g/mol. The summed E-state index contributed by atoms with van der Waals surface area (Å²) < 4.78 is 7.29. The molecule has 0 aliphatic carbocycles. The van der Waals surface area contributed by atoms with Crippen LogP contribution in [0.1, 0.15) is 18.8 Å². The molecule has 0 radical (unpaired) electrons. The molecule has 0 aromatic carbocycles. The Hall–Kier alpha value is -1.03. The molecule has 1 aromatic heterocycles. The second-order valence-electron chi connectivity index (χ2n) is 2.74. The summed E-state index contributed by atoms with van der Waals surface area (Å²) >= 11 is 0. The molecule has 1 aromatic rings. The monoisotopic (exact) mass is 153 g/mol. The van der Waals surface area contributed by atoms with Crippen molar-refractivity contribution in [2.45, 2.75) is 19.5 Å². The zero-order valence-corrected chi connectivity index (χ0v) is 6.45. The van der Waals surface area contributed by atoms with Crippen LogP contribution < -0.4 is 10.5 Å². The van der Waals surface area contributed by atoms with Crippen molar-refractivity contribution in [2.75, 3.05) is 6.61 Å². The van der Waals surface area contributed by atoms with Crippen LogP contribution in [-0.2, 0) is 6.54 Å². The van der Waals surface area contributed by atoms with Gasteiger partial charge in [0.2, 0.25) is 5.88 Å². The van der Waals surface area contributed by atoms with E-state index in [0.717, 1.165) is 24.9 Å². The maximum atomic E-state index is 5.69. The van der Waals surface area contributed by atoms with Gasteiger partial charge in [-0.3, -0.25) is 4.57 Å². The third-order valence-electron chi connectivity index (χ3n) is 1.82. The van der Waals surface area contributed by atoms with E-state index in [1.54, 1.807) is 6.20 Å². The van der Waals surface area contributed by atoms with Crippen molar-refractivity contribution in [1.29, 1.82) is 0 Å². The highest BCUT2D eigenvalue weighted by molar-refractivity contribution is 5.16. The van der Waals surface area contributed by atoms with E-state index in [0.29, 0.717) is 0 Å². The summed E-state index contributed by atoms with van der Waals surface area (Å²) in [5.41, 5.74) is 5.69. The number of fused-ring (bicyclic) bond motifs is 1. The molecule has 1 aliphatic heterocycles. The first-order valence-electron chi connectivity index (χ1n) is 3.73. The molecule has 4 nitrogen and oxygen atoms in total. The van der Waals surface area contributed by atoms with Gasteiger partial charge in [-0.05, 0) is 6.92 Å². The molecule has 0 spiro atoms. The highest BCUT2D eigenvalue weighted by Gasteiger charge is 2.18. The molecule has 2 N–H and O–H groups in total. The minimum atomic E-state index is -0.00884. The quantitative estimate of drug-likeness (QED) is 0.631. The Labute approximate surface area is 65.0 Å². The van der Waals surface area contributed by atoms with Crippen LogP contribution in [0.3, 0.4) is 0 Å². The van der Waals surface area contributed by atoms with Gasteiger partial charge < -0.3 is 10.5 Å². The molecule has 0 amide bonds. The van der Waals surface area contributed by atoms with Crippen LogP contribution in [0.5, 0.6) is 5.88 Å². The van der Waals surface area contributed by atoms with Crippen molar-refractivity contribution < 1.29 is 4.74 Å². The van der Waals surface area contributed by atoms with E-state index in [1.807, 2.05) is 11.5 Å². The Balaban J connectivity index is 2.42. The fraction of sp³-hybridized carbons (Fsp3) is 0.571. The van der Waals surface area contributed by atoms with Gasteiger partial charge in [0.15, 0.2) is 0 Å². The average Bonchev–Trinajstić information content (AvgIpc) is 2.41. The summed E-state index contributed by atoms with van der Waals surface area (Å²) in [5, 5.41) is 0. The Morgan fingerprint density at radius 2 is 2.64 bits per heavy atom. The van der Waals surface area contributed by atoms with Crippen molar-refractivity contribution in [3.8, 4) is 5.88 Å². The van der Waals surface area contributed by atoms with E-state index < -0.39 is 0 Å². The Bertz CT molecular complexity index is 267. The summed E-state index contributed by atoms with van der Waals surface area (Å²) in [4.78, 5) is 4.15. The first kappa shape index (κ1) is 6.67. The van der Waals surface area contributed by atoms with E-state index in [-0.39, 0.29) is 6.04 Å². The van der Waals surface area contributed by atoms with E-state index in [4.69, 9.17) is 10.5 Å². The third-order valence-corrected chi connectivity index (χ3v) is 1.82. The standard InChI is InChI=1S/C7H11N3O/c1-5(8)7-9-4-6-10(7)2-3-11-6/h4-5H,2-3,8H2,1H3. The van der Waals surface area contributed by atoms with Crippen LogP contribution in [0, 0.1) is 0 Å². The maximum absolute atomic E-state index is 5.69. The number of nitrogens with two attached hydrogens (primary N) is 1. The van der Waals surface area contributed by atoms with Gasteiger partial charge >= 0.3 is 0 Å². The SMILES string of the molecule is CC(N)c1ncc2n1CCO2. The van der Waals surface area contributed by atoms with Crippen LogP contribution in [0.25, 0.3) is 0 Å². The van der Waals surface area contributed by atoms with Crippen molar-refractivity contribution in [3.63, 3.8) is 0 Å². The molecule has 1 atom stereocenters. The molecule has 11 heavy (non-hydrogen) atoms. The molecule has 4 heteroatoms.